The summed E-state index contributed by atoms with van der Waals surface area (Å²) in [6.07, 6.45) is 1.33. The standard InChI is InChI=1S/C21H24ClN3O4S2/c1-5-16(25(31(4,28)29)18-11-14(22)8-7-13(18)3)20(26)23-15-9-10-17-19(12-15)30-21(27)24(17)6-2/h7-12,16H,5-6H2,1-4H3,(H,23,26). The van der Waals surface area contributed by atoms with Gasteiger partial charge in [0.15, 0.2) is 0 Å². The van der Waals surface area contributed by atoms with Gasteiger partial charge in [0, 0.05) is 17.3 Å². The summed E-state index contributed by atoms with van der Waals surface area (Å²) in [6, 6.07) is 9.18. The molecule has 10 heteroatoms. The third-order valence-corrected chi connectivity index (χ3v) is 7.33. The normalized spacial score (nSPS) is 12.7. The number of nitrogens with zero attached hydrogens (tertiary/aromatic N) is 2. The Morgan fingerprint density at radius 3 is 2.55 bits per heavy atom. The number of aromatic nitrogens is 1. The first-order valence-electron chi connectivity index (χ1n) is 9.76. The SMILES string of the molecule is CCC(C(=O)Nc1ccc2c(c1)sc(=O)n2CC)N(c1cc(Cl)ccc1C)S(C)(=O)=O. The minimum Gasteiger partial charge on any atom is -0.324 e. The number of carbonyl (C=O) groups is 1. The first kappa shape index (κ1) is 23.3. The molecule has 166 valence electrons. The Morgan fingerprint density at radius 1 is 1.23 bits per heavy atom. The number of hydrogen-bond donors (Lipinski definition) is 1. The number of hydrogen-bond acceptors (Lipinski definition) is 5. The molecular formula is C21H24ClN3O4S2. The van der Waals surface area contributed by atoms with Crippen LogP contribution in [0.1, 0.15) is 25.8 Å². The number of aryl methyl sites for hydroxylation is 2. The van der Waals surface area contributed by atoms with Crippen LogP contribution < -0.4 is 14.5 Å². The van der Waals surface area contributed by atoms with E-state index in [-0.39, 0.29) is 11.3 Å². The molecule has 3 aromatic rings. The largest absolute Gasteiger partial charge is 0.324 e. The third kappa shape index (κ3) is 4.78. The molecule has 0 bridgehead atoms. The van der Waals surface area contributed by atoms with Crippen LogP contribution in [-0.2, 0) is 21.4 Å². The van der Waals surface area contributed by atoms with Gasteiger partial charge in [-0.2, -0.15) is 0 Å². The quantitative estimate of drug-likeness (QED) is 0.547. The van der Waals surface area contributed by atoms with Gasteiger partial charge in [-0.25, -0.2) is 8.42 Å². The van der Waals surface area contributed by atoms with E-state index in [0.717, 1.165) is 32.1 Å². The fourth-order valence-electron chi connectivity index (χ4n) is 3.52. The Hall–Kier alpha value is -2.36. The van der Waals surface area contributed by atoms with Gasteiger partial charge in [0.25, 0.3) is 0 Å². The van der Waals surface area contributed by atoms with Crippen molar-refractivity contribution < 1.29 is 13.2 Å². The van der Waals surface area contributed by atoms with Gasteiger partial charge in [-0.15, -0.1) is 0 Å². The van der Waals surface area contributed by atoms with E-state index in [1.165, 1.54) is 0 Å². The third-order valence-electron chi connectivity index (χ3n) is 4.99. The topological polar surface area (TPSA) is 88.5 Å². The van der Waals surface area contributed by atoms with Crippen molar-refractivity contribution >= 4 is 60.5 Å². The van der Waals surface area contributed by atoms with E-state index in [2.05, 4.69) is 5.32 Å². The molecule has 1 unspecified atom stereocenters. The van der Waals surface area contributed by atoms with E-state index in [1.54, 1.807) is 54.8 Å². The van der Waals surface area contributed by atoms with Gasteiger partial charge < -0.3 is 5.32 Å². The van der Waals surface area contributed by atoms with Crippen molar-refractivity contribution in [1.29, 1.82) is 0 Å². The molecule has 1 heterocycles. The van der Waals surface area contributed by atoms with Crippen LogP contribution >= 0.6 is 22.9 Å². The molecule has 7 nitrogen and oxygen atoms in total. The van der Waals surface area contributed by atoms with Crippen molar-refractivity contribution in [2.24, 2.45) is 0 Å². The van der Waals surface area contributed by atoms with E-state index >= 15 is 0 Å². The van der Waals surface area contributed by atoms with E-state index in [4.69, 9.17) is 11.6 Å². The fraction of sp³-hybridized carbons (Fsp3) is 0.333. The van der Waals surface area contributed by atoms with Crippen LogP contribution in [0.4, 0.5) is 11.4 Å². The average molecular weight is 482 g/mol. The molecule has 2 aromatic carbocycles. The number of sulfonamides is 1. The van der Waals surface area contributed by atoms with Gasteiger partial charge in [-0.3, -0.25) is 18.5 Å². The van der Waals surface area contributed by atoms with Gasteiger partial charge in [0.2, 0.25) is 15.9 Å². The van der Waals surface area contributed by atoms with E-state index in [0.29, 0.717) is 28.5 Å². The first-order valence-corrected chi connectivity index (χ1v) is 12.8. The van der Waals surface area contributed by atoms with Crippen LogP contribution in [0.2, 0.25) is 5.02 Å². The van der Waals surface area contributed by atoms with Crippen molar-refractivity contribution in [1.82, 2.24) is 4.57 Å². The number of benzene rings is 2. The Morgan fingerprint density at radius 2 is 1.94 bits per heavy atom. The van der Waals surface area contributed by atoms with Crippen molar-refractivity contribution in [2.45, 2.75) is 39.8 Å². The highest BCUT2D eigenvalue weighted by Crippen LogP contribution is 2.30. The molecule has 0 spiro atoms. The summed E-state index contributed by atoms with van der Waals surface area (Å²) in [7, 11) is -3.77. The maximum atomic E-state index is 13.2. The maximum Gasteiger partial charge on any atom is 0.308 e. The fourth-order valence-corrected chi connectivity index (χ4v) is 5.95. The molecular weight excluding hydrogens is 458 g/mol. The zero-order chi connectivity index (χ0) is 22.9. The van der Waals surface area contributed by atoms with E-state index in [9.17, 15) is 18.0 Å². The number of anilines is 2. The van der Waals surface area contributed by atoms with Gasteiger partial charge in [-0.1, -0.05) is 35.9 Å². The minimum atomic E-state index is -3.77. The summed E-state index contributed by atoms with van der Waals surface area (Å²) in [5.74, 6) is -0.464. The van der Waals surface area contributed by atoms with Gasteiger partial charge in [-0.05, 0) is 56.2 Å². The molecule has 0 fully saturated rings. The first-order chi connectivity index (χ1) is 14.6. The Kier molecular flexibility index (Phi) is 6.78. The lowest BCUT2D eigenvalue weighted by Gasteiger charge is -2.31. The molecule has 0 radical (unpaired) electrons. The van der Waals surface area contributed by atoms with E-state index < -0.39 is 22.0 Å². The molecule has 0 aliphatic rings. The lowest BCUT2D eigenvalue weighted by atomic mass is 10.1. The van der Waals surface area contributed by atoms with Crippen molar-refractivity contribution in [2.75, 3.05) is 15.9 Å². The summed E-state index contributed by atoms with van der Waals surface area (Å²) in [4.78, 5) is 25.2. The number of carbonyl (C=O) groups excluding carboxylic acids is 1. The zero-order valence-electron chi connectivity index (χ0n) is 17.7. The van der Waals surface area contributed by atoms with Crippen molar-refractivity contribution in [3.63, 3.8) is 0 Å². The summed E-state index contributed by atoms with van der Waals surface area (Å²) in [5, 5.41) is 3.19. The molecule has 0 saturated heterocycles. The minimum absolute atomic E-state index is 0.0629. The molecule has 31 heavy (non-hydrogen) atoms. The van der Waals surface area contributed by atoms with Crippen LogP contribution in [0.5, 0.6) is 0 Å². The predicted octanol–water partition coefficient (Wildman–Crippen LogP) is 4.23. The smallest absolute Gasteiger partial charge is 0.308 e. The maximum absolute atomic E-state index is 13.2. The van der Waals surface area contributed by atoms with Crippen molar-refractivity contribution in [3.8, 4) is 0 Å². The van der Waals surface area contributed by atoms with E-state index in [1.807, 2.05) is 6.92 Å². The highest BCUT2D eigenvalue weighted by Gasteiger charge is 2.32. The highest BCUT2D eigenvalue weighted by molar-refractivity contribution is 7.92. The summed E-state index contributed by atoms with van der Waals surface area (Å²) in [6.45, 7) is 5.97. The number of amides is 1. The van der Waals surface area contributed by atoms with Crippen LogP contribution in [0.25, 0.3) is 10.2 Å². The van der Waals surface area contributed by atoms with Crippen LogP contribution in [0.3, 0.4) is 0 Å². The Labute approximate surface area is 190 Å². The lowest BCUT2D eigenvalue weighted by molar-refractivity contribution is -0.117. The second-order valence-electron chi connectivity index (χ2n) is 7.20. The van der Waals surface area contributed by atoms with Gasteiger partial charge >= 0.3 is 4.87 Å². The molecule has 0 aliphatic carbocycles. The molecule has 1 N–H and O–H groups in total. The van der Waals surface area contributed by atoms with Gasteiger partial charge in [0.1, 0.15) is 6.04 Å². The molecule has 1 aromatic heterocycles. The predicted molar refractivity (Wildman–Crippen MR) is 128 cm³/mol. The number of fused-ring (bicyclic) bond motifs is 1. The monoisotopic (exact) mass is 481 g/mol. The summed E-state index contributed by atoms with van der Waals surface area (Å²) in [5.41, 5.74) is 2.35. The molecule has 3 rings (SSSR count). The molecule has 1 atom stereocenters. The van der Waals surface area contributed by atoms with Crippen LogP contribution in [0, 0.1) is 6.92 Å². The highest BCUT2D eigenvalue weighted by atomic mass is 35.5. The second kappa shape index (κ2) is 9.02. The zero-order valence-corrected chi connectivity index (χ0v) is 20.1. The molecule has 0 saturated carbocycles. The summed E-state index contributed by atoms with van der Waals surface area (Å²) < 4.78 is 28.9. The average Bonchev–Trinajstić information content (AvgIpc) is 3.01. The van der Waals surface area contributed by atoms with Crippen LogP contribution in [0.15, 0.2) is 41.2 Å². The number of thiazole rings is 1. The molecule has 0 aliphatic heterocycles. The Bertz CT molecular complexity index is 1300. The van der Waals surface area contributed by atoms with Crippen LogP contribution in [-0.4, -0.2) is 31.2 Å². The number of halogens is 1. The second-order valence-corrected chi connectivity index (χ2v) is 10.5. The number of rotatable bonds is 7. The summed E-state index contributed by atoms with van der Waals surface area (Å²) >= 11 is 7.21. The molecule has 1 amide bonds. The van der Waals surface area contributed by atoms with Gasteiger partial charge in [0.05, 0.1) is 22.2 Å². The Balaban J connectivity index is 1.98. The lowest BCUT2D eigenvalue weighted by Crippen LogP contribution is -2.47. The van der Waals surface area contributed by atoms with Crippen molar-refractivity contribution in [3.05, 3.63) is 56.7 Å². The number of nitrogens with one attached hydrogen (secondary N) is 1.